The summed E-state index contributed by atoms with van der Waals surface area (Å²) < 4.78 is 7.07. The predicted molar refractivity (Wildman–Crippen MR) is 95.5 cm³/mol. The van der Waals surface area contributed by atoms with Crippen LogP contribution in [0.4, 0.5) is 5.82 Å². The summed E-state index contributed by atoms with van der Waals surface area (Å²) in [5.74, 6) is 2.01. The van der Waals surface area contributed by atoms with Crippen molar-refractivity contribution in [3.8, 4) is 11.6 Å². The Hall–Kier alpha value is -3.56. The maximum atomic E-state index is 12.3. The van der Waals surface area contributed by atoms with E-state index in [1.807, 2.05) is 6.07 Å². The Labute approximate surface area is 155 Å². The summed E-state index contributed by atoms with van der Waals surface area (Å²) in [6.07, 6.45) is 7.80. The quantitative estimate of drug-likeness (QED) is 0.630. The minimum atomic E-state index is -0.0375. The molecule has 4 heterocycles. The molecule has 4 rings (SSSR count). The Balaban J connectivity index is 1.32. The first-order valence-electron chi connectivity index (χ1n) is 8.52. The zero-order valence-electron chi connectivity index (χ0n) is 14.5. The average Bonchev–Trinajstić information content (AvgIpc) is 3.28. The molecule has 10 nitrogen and oxygen atoms in total. The lowest BCUT2D eigenvalue weighted by molar-refractivity contribution is -0.133. The lowest BCUT2D eigenvalue weighted by Crippen LogP contribution is -2.50. The molecule has 0 N–H and O–H groups in total. The van der Waals surface area contributed by atoms with Gasteiger partial charge in [0.15, 0.2) is 12.4 Å². The van der Waals surface area contributed by atoms with Crippen LogP contribution in [0, 0.1) is 0 Å². The monoisotopic (exact) mass is 366 g/mol. The van der Waals surface area contributed by atoms with Gasteiger partial charge < -0.3 is 14.5 Å². The first kappa shape index (κ1) is 16.9. The minimum absolute atomic E-state index is 0.00957. The van der Waals surface area contributed by atoms with Crippen molar-refractivity contribution in [3.63, 3.8) is 0 Å². The Morgan fingerprint density at radius 2 is 1.93 bits per heavy atom. The van der Waals surface area contributed by atoms with Crippen LogP contribution in [0.15, 0.2) is 49.6 Å². The second-order valence-electron chi connectivity index (χ2n) is 5.92. The topological polar surface area (TPSA) is 102 Å². The minimum Gasteiger partial charge on any atom is -0.482 e. The molecule has 3 aromatic heterocycles. The van der Waals surface area contributed by atoms with Gasteiger partial charge in [-0.25, -0.2) is 19.6 Å². The van der Waals surface area contributed by atoms with E-state index in [0.717, 1.165) is 5.82 Å². The highest BCUT2D eigenvalue weighted by Crippen LogP contribution is 2.16. The van der Waals surface area contributed by atoms with Gasteiger partial charge in [-0.15, -0.1) is 0 Å². The number of piperazine rings is 1. The molecule has 1 amide bonds. The highest BCUT2D eigenvalue weighted by molar-refractivity contribution is 5.78. The van der Waals surface area contributed by atoms with Crippen molar-refractivity contribution >= 4 is 11.7 Å². The molecule has 27 heavy (non-hydrogen) atoms. The maximum absolute atomic E-state index is 12.3. The van der Waals surface area contributed by atoms with Crippen molar-refractivity contribution in [1.29, 1.82) is 0 Å². The molecule has 0 unspecified atom stereocenters. The number of anilines is 1. The van der Waals surface area contributed by atoms with Gasteiger partial charge in [-0.1, -0.05) is 0 Å². The highest BCUT2D eigenvalue weighted by Gasteiger charge is 2.22. The summed E-state index contributed by atoms with van der Waals surface area (Å²) in [6, 6.07) is 5.41. The zero-order chi connectivity index (χ0) is 18.5. The summed E-state index contributed by atoms with van der Waals surface area (Å²) in [5, 5.41) is 4.08. The van der Waals surface area contributed by atoms with Gasteiger partial charge in [0.2, 0.25) is 0 Å². The van der Waals surface area contributed by atoms with Gasteiger partial charge in [-0.2, -0.15) is 5.10 Å². The molecule has 0 bridgehead atoms. The van der Waals surface area contributed by atoms with Crippen molar-refractivity contribution in [2.24, 2.45) is 0 Å². The number of rotatable bonds is 5. The van der Waals surface area contributed by atoms with Gasteiger partial charge >= 0.3 is 0 Å². The fourth-order valence-electron chi connectivity index (χ4n) is 2.82. The van der Waals surface area contributed by atoms with Gasteiger partial charge in [0.25, 0.3) is 5.91 Å². The summed E-state index contributed by atoms with van der Waals surface area (Å²) in [5.41, 5.74) is 0. The second kappa shape index (κ2) is 7.77. The van der Waals surface area contributed by atoms with Crippen LogP contribution in [0.25, 0.3) is 5.82 Å². The normalized spacial score (nSPS) is 14.2. The molecule has 1 fully saturated rings. The number of pyridine rings is 1. The molecule has 10 heteroatoms. The number of ether oxygens (including phenoxy) is 1. The SMILES string of the molecule is O=C(COc1cccnc1)N1CCN(c2cc(-n3cncn3)ncn2)CC1. The van der Waals surface area contributed by atoms with E-state index in [9.17, 15) is 4.79 Å². The van der Waals surface area contributed by atoms with Crippen LogP contribution in [0.5, 0.6) is 5.75 Å². The standard InChI is InChI=1S/C17H18N8O2/c26-17(10-27-14-2-1-3-18-9-14)24-6-4-23(5-7-24)15-8-16(21-12-20-15)25-13-19-11-22-25/h1-3,8-9,11-13H,4-7,10H2. The van der Waals surface area contributed by atoms with Gasteiger partial charge in [-0.05, 0) is 12.1 Å². The number of nitrogens with zero attached hydrogens (tertiary/aromatic N) is 8. The fraction of sp³-hybridized carbons (Fsp3) is 0.294. The first-order valence-corrected chi connectivity index (χ1v) is 8.52. The van der Waals surface area contributed by atoms with Crippen molar-refractivity contribution in [1.82, 2.24) is 34.6 Å². The van der Waals surface area contributed by atoms with E-state index in [-0.39, 0.29) is 12.5 Å². The molecule has 1 aliphatic rings. The Morgan fingerprint density at radius 1 is 1.07 bits per heavy atom. The number of amides is 1. The van der Waals surface area contributed by atoms with E-state index in [1.165, 1.54) is 12.7 Å². The van der Waals surface area contributed by atoms with Crippen molar-refractivity contribution in [3.05, 3.63) is 49.6 Å². The molecule has 1 saturated heterocycles. The summed E-state index contributed by atoms with van der Waals surface area (Å²) in [6.45, 7) is 2.60. The van der Waals surface area contributed by atoms with Gasteiger partial charge in [0.1, 0.15) is 30.5 Å². The van der Waals surface area contributed by atoms with E-state index < -0.39 is 0 Å². The smallest absolute Gasteiger partial charge is 0.260 e. The summed E-state index contributed by atoms with van der Waals surface area (Å²) in [4.78, 5) is 32.7. The fourth-order valence-corrected chi connectivity index (χ4v) is 2.82. The van der Waals surface area contributed by atoms with E-state index in [0.29, 0.717) is 37.7 Å². The number of hydrogen-bond acceptors (Lipinski definition) is 8. The summed E-state index contributed by atoms with van der Waals surface area (Å²) in [7, 11) is 0. The number of carbonyl (C=O) groups is 1. The predicted octanol–water partition coefficient (Wildman–Crippen LogP) is 0.180. The molecular formula is C17H18N8O2. The number of carbonyl (C=O) groups excluding carboxylic acids is 1. The van der Waals surface area contributed by atoms with Crippen LogP contribution >= 0.6 is 0 Å². The molecule has 1 aliphatic heterocycles. The van der Waals surface area contributed by atoms with Crippen LogP contribution < -0.4 is 9.64 Å². The highest BCUT2D eigenvalue weighted by atomic mass is 16.5. The van der Waals surface area contributed by atoms with Crippen LogP contribution in [-0.2, 0) is 4.79 Å². The Bertz CT molecular complexity index is 879. The molecule has 0 atom stereocenters. The molecule has 3 aromatic rings. The lowest BCUT2D eigenvalue weighted by Gasteiger charge is -2.35. The van der Waals surface area contributed by atoms with E-state index in [2.05, 4.69) is 29.9 Å². The molecule has 138 valence electrons. The zero-order valence-corrected chi connectivity index (χ0v) is 14.5. The Kier molecular flexibility index (Phi) is 4.86. The third-order valence-electron chi connectivity index (χ3n) is 4.24. The van der Waals surface area contributed by atoms with Crippen LogP contribution in [0.3, 0.4) is 0 Å². The third kappa shape index (κ3) is 4.00. The molecular weight excluding hydrogens is 348 g/mol. The summed E-state index contributed by atoms with van der Waals surface area (Å²) >= 11 is 0. The lowest BCUT2D eigenvalue weighted by atomic mass is 10.3. The average molecular weight is 366 g/mol. The van der Waals surface area contributed by atoms with Crippen LogP contribution in [-0.4, -0.2) is 73.3 Å². The first-order chi connectivity index (χ1) is 13.3. The van der Waals surface area contributed by atoms with Crippen molar-refractivity contribution in [2.75, 3.05) is 37.7 Å². The van der Waals surface area contributed by atoms with Gasteiger partial charge in [-0.3, -0.25) is 9.78 Å². The van der Waals surface area contributed by atoms with Gasteiger partial charge in [0, 0.05) is 38.4 Å². The number of hydrogen-bond donors (Lipinski definition) is 0. The molecule has 0 aromatic carbocycles. The van der Waals surface area contributed by atoms with Gasteiger partial charge in [0.05, 0.1) is 6.20 Å². The van der Waals surface area contributed by atoms with Crippen LogP contribution in [0.1, 0.15) is 0 Å². The van der Waals surface area contributed by atoms with E-state index in [1.54, 1.807) is 40.4 Å². The molecule has 0 radical (unpaired) electrons. The van der Waals surface area contributed by atoms with Crippen molar-refractivity contribution < 1.29 is 9.53 Å². The van der Waals surface area contributed by atoms with Crippen molar-refractivity contribution in [2.45, 2.75) is 0 Å². The molecule has 0 aliphatic carbocycles. The third-order valence-corrected chi connectivity index (χ3v) is 4.24. The maximum Gasteiger partial charge on any atom is 0.260 e. The Morgan fingerprint density at radius 3 is 2.67 bits per heavy atom. The van der Waals surface area contributed by atoms with E-state index in [4.69, 9.17) is 4.74 Å². The van der Waals surface area contributed by atoms with Crippen LogP contribution in [0.2, 0.25) is 0 Å². The second-order valence-corrected chi connectivity index (χ2v) is 5.92. The molecule has 0 saturated carbocycles. The van der Waals surface area contributed by atoms with E-state index >= 15 is 0 Å². The largest absolute Gasteiger partial charge is 0.482 e. The number of aromatic nitrogens is 6. The molecule has 0 spiro atoms.